The molecule has 0 unspecified atom stereocenters. The Hall–Kier alpha value is -1.32. The third kappa shape index (κ3) is 1.22. The van der Waals surface area contributed by atoms with Crippen molar-refractivity contribution in [2.75, 3.05) is 0 Å². The van der Waals surface area contributed by atoms with E-state index < -0.39 is 11.7 Å². The molecule has 0 amide bonds. The molecule has 1 aliphatic rings. The predicted octanol–water partition coefficient (Wildman–Crippen LogP) is 2.83. The van der Waals surface area contributed by atoms with Crippen molar-refractivity contribution >= 4 is 0 Å². The summed E-state index contributed by atoms with van der Waals surface area (Å²) in [6, 6.07) is 6.39. The van der Waals surface area contributed by atoms with Gasteiger partial charge >= 0.3 is 6.11 Å². The van der Waals surface area contributed by atoms with Gasteiger partial charge in [-0.25, -0.2) is 0 Å². The van der Waals surface area contributed by atoms with Crippen LogP contribution in [0, 0.1) is 0 Å². The molecule has 0 N–H and O–H groups in total. The maximum Gasteiger partial charge on any atom is 0.438 e. The van der Waals surface area contributed by atoms with Gasteiger partial charge < -0.3 is 9.47 Å². The number of alkyl halides is 2. The van der Waals surface area contributed by atoms with Crippen LogP contribution in [0.2, 0.25) is 0 Å². The second kappa shape index (κ2) is 2.59. The van der Waals surface area contributed by atoms with Crippen LogP contribution in [-0.4, -0.2) is 11.7 Å². The zero-order chi connectivity index (χ0) is 10.4. The topological polar surface area (TPSA) is 18.5 Å². The van der Waals surface area contributed by atoms with Gasteiger partial charge in [-0.1, -0.05) is 12.1 Å². The van der Waals surface area contributed by atoms with Crippen molar-refractivity contribution in [3.63, 3.8) is 0 Å². The Bertz CT molecular complexity index is 326. The van der Waals surface area contributed by atoms with Crippen LogP contribution in [-0.2, 0) is 0 Å². The Kier molecular flexibility index (Phi) is 1.71. The molecule has 0 aliphatic carbocycles. The second-order valence-electron chi connectivity index (χ2n) is 3.68. The van der Waals surface area contributed by atoms with Crippen molar-refractivity contribution in [1.29, 1.82) is 0 Å². The molecule has 1 aliphatic heterocycles. The molecule has 0 spiro atoms. The fraction of sp³-hybridized carbons (Fsp3) is 0.400. The van der Waals surface area contributed by atoms with Crippen molar-refractivity contribution in [2.45, 2.75) is 25.6 Å². The number of fused-ring (bicyclic) bond motifs is 1. The van der Waals surface area contributed by atoms with Gasteiger partial charge in [-0.05, 0) is 26.0 Å². The van der Waals surface area contributed by atoms with E-state index in [2.05, 4.69) is 4.74 Å². The first-order valence-electron chi connectivity index (χ1n) is 4.27. The zero-order valence-electron chi connectivity index (χ0n) is 7.88. The number of para-hydroxylation sites is 2. The molecule has 2 rings (SSSR count). The van der Waals surface area contributed by atoms with E-state index in [4.69, 9.17) is 4.74 Å². The molecule has 0 saturated heterocycles. The third-order valence-corrected chi connectivity index (χ3v) is 2.15. The lowest BCUT2D eigenvalue weighted by Gasteiger charge is -2.38. The predicted molar refractivity (Wildman–Crippen MR) is 46.7 cm³/mol. The number of benzene rings is 1. The van der Waals surface area contributed by atoms with Crippen molar-refractivity contribution in [3.8, 4) is 11.5 Å². The summed E-state index contributed by atoms with van der Waals surface area (Å²) in [7, 11) is 0. The molecule has 0 aromatic heterocycles. The highest BCUT2D eigenvalue weighted by atomic mass is 19.3. The van der Waals surface area contributed by atoms with Gasteiger partial charge in [0, 0.05) is 0 Å². The number of hydrogen-bond acceptors (Lipinski definition) is 2. The van der Waals surface area contributed by atoms with Crippen molar-refractivity contribution in [1.82, 2.24) is 0 Å². The van der Waals surface area contributed by atoms with E-state index in [-0.39, 0.29) is 5.75 Å². The Morgan fingerprint density at radius 1 is 1.00 bits per heavy atom. The minimum atomic E-state index is -3.30. The Balaban J connectivity index is 2.46. The smallest absolute Gasteiger partial charge is 0.438 e. The fourth-order valence-electron chi connectivity index (χ4n) is 1.21. The Labute approximate surface area is 80.4 Å². The molecule has 1 heterocycles. The molecule has 1 aromatic carbocycles. The molecule has 0 saturated carbocycles. The molecule has 0 fully saturated rings. The number of halogens is 2. The first-order chi connectivity index (χ1) is 6.42. The highest BCUT2D eigenvalue weighted by molar-refractivity contribution is 5.41. The largest absolute Gasteiger partial charge is 0.473 e. The maximum absolute atomic E-state index is 13.3. The van der Waals surface area contributed by atoms with Crippen LogP contribution in [0.3, 0.4) is 0 Å². The summed E-state index contributed by atoms with van der Waals surface area (Å²) in [4.78, 5) is 0. The Morgan fingerprint density at radius 3 is 2.07 bits per heavy atom. The van der Waals surface area contributed by atoms with Crippen LogP contribution in [0.15, 0.2) is 24.3 Å². The van der Waals surface area contributed by atoms with Crippen LogP contribution in [0.25, 0.3) is 0 Å². The molecule has 0 bridgehead atoms. The standard InChI is InChI=1S/C10H10F2O2/c1-9(2)10(11,12)14-8-6-4-3-5-7(8)13-9/h3-6H,1-2H3. The van der Waals surface area contributed by atoms with Crippen LogP contribution < -0.4 is 9.47 Å². The van der Waals surface area contributed by atoms with E-state index in [0.29, 0.717) is 5.75 Å². The average Bonchev–Trinajstić information content (AvgIpc) is 2.05. The van der Waals surface area contributed by atoms with Gasteiger partial charge in [0.25, 0.3) is 0 Å². The number of ether oxygens (including phenoxy) is 2. The summed E-state index contributed by atoms with van der Waals surface area (Å²) in [6.07, 6.45) is -3.30. The highest BCUT2D eigenvalue weighted by Crippen LogP contribution is 2.44. The Morgan fingerprint density at radius 2 is 1.50 bits per heavy atom. The molecule has 4 heteroatoms. The van der Waals surface area contributed by atoms with E-state index in [1.165, 1.54) is 19.9 Å². The van der Waals surface area contributed by atoms with E-state index >= 15 is 0 Å². The maximum atomic E-state index is 13.3. The average molecular weight is 200 g/mol. The molecular formula is C10H10F2O2. The van der Waals surface area contributed by atoms with Crippen LogP contribution >= 0.6 is 0 Å². The lowest BCUT2D eigenvalue weighted by atomic mass is 10.1. The molecular weight excluding hydrogens is 190 g/mol. The summed E-state index contributed by atoms with van der Waals surface area (Å²) < 4.78 is 36.4. The second-order valence-corrected chi connectivity index (χ2v) is 3.68. The third-order valence-electron chi connectivity index (χ3n) is 2.15. The van der Waals surface area contributed by atoms with E-state index in [1.807, 2.05) is 0 Å². The highest BCUT2D eigenvalue weighted by Gasteiger charge is 2.55. The van der Waals surface area contributed by atoms with Gasteiger partial charge in [0.2, 0.25) is 5.60 Å². The lowest BCUT2D eigenvalue weighted by molar-refractivity contribution is -0.281. The first kappa shape index (κ1) is 9.24. The van der Waals surface area contributed by atoms with Crippen molar-refractivity contribution in [3.05, 3.63) is 24.3 Å². The summed E-state index contributed by atoms with van der Waals surface area (Å²) >= 11 is 0. The fourth-order valence-corrected chi connectivity index (χ4v) is 1.21. The zero-order valence-corrected chi connectivity index (χ0v) is 7.88. The molecule has 0 radical (unpaired) electrons. The van der Waals surface area contributed by atoms with Crippen LogP contribution in [0.4, 0.5) is 8.78 Å². The van der Waals surface area contributed by atoms with Crippen molar-refractivity contribution in [2.24, 2.45) is 0 Å². The van der Waals surface area contributed by atoms with E-state index in [1.54, 1.807) is 18.2 Å². The van der Waals surface area contributed by atoms with E-state index in [0.717, 1.165) is 0 Å². The molecule has 76 valence electrons. The van der Waals surface area contributed by atoms with Crippen LogP contribution in [0.1, 0.15) is 13.8 Å². The number of hydrogen-bond donors (Lipinski definition) is 0. The van der Waals surface area contributed by atoms with Gasteiger partial charge in [0.05, 0.1) is 0 Å². The van der Waals surface area contributed by atoms with Gasteiger partial charge in [-0.2, -0.15) is 8.78 Å². The quantitative estimate of drug-likeness (QED) is 0.641. The summed E-state index contributed by atoms with van der Waals surface area (Å²) in [6.45, 7) is 2.59. The lowest BCUT2D eigenvalue weighted by Crippen LogP contribution is -2.54. The minimum absolute atomic E-state index is 0.0804. The van der Waals surface area contributed by atoms with Gasteiger partial charge in [0.1, 0.15) is 0 Å². The van der Waals surface area contributed by atoms with Gasteiger partial charge in [-0.15, -0.1) is 0 Å². The summed E-state index contributed by atoms with van der Waals surface area (Å²) in [5, 5.41) is 0. The number of rotatable bonds is 0. The molecule has 14 heavy (non-hydrogen) atoms. The first-order valence-corrected chi connectivity index (χ1v) is 4.27. The minimum Gasteiger partial charge on any atom is -0.473 e. The normalized spacial score (nSPS) is 21.7. The molecule has 0 atom stereocenters. The summed E-state index contributed by atoms with van der Waals surface area (Å²) in [5.74, 6) is 0.431. The van der Waals surface area contributed by atoms with Crippen molar-refractivity contribution < 1.29 is 18.3 Å². The van der Waals surface area contributed by atoms with Crippen LogP contribution in [0.5, 0.6) is 11.5 Å². The molecule has 2 nitrogen and oxygen atoms in total. The SMILES string of the molecule is CC1(C)Oc2ccccc2OC1(F)F. The van der Waals surface area contributed by atoms with Gasteiger partial charge in [-0.3, -0.25) is 0 Å². The monoisotopic (exact) mass is 200 g/mol. The van der Waals surface area contributed by atoms with E-state index in [9.17, 15) is 8.78 Å². The summed E-state index contributed by atoms with van der Waals surface area (Å²) in [5.41, 5.74) is -1.64. The molecule has 1 aromatic rings. The van der Waals surface area contributed by atoms with Gasteiger partial charge in [0.15, 0.2) is 11.5 Å².